The van der Waals surface area contributed by atoms with Crippen LogP contribution in [0.1, 0.15) is 6.42 Å². The normalized spacial score (nSPS) is 37.1. The maximum atomic E-state index is 4.00. The molecule has 0 spiro atoms. The molecule has 0 radical (unpaired) electrons. The Bertz CT molecular complexity index is 247. The molecule has 0 nitrogen and oxygen atoms in total. The molecule has 2 bridgehead atoms. The predicted molar refractivity (Wildman–Crippen MR) is 46.9 cm³/mol. The summed E-state index contributed by atoms with van der Waals surface area (Å²) in [5.41, 5.74) is 2.48. The molecule has 10 heavy (non-hydrogen) atoms. The topological polar surface area (TPSA) is 0 Å². The molecule has 2 aliphatic rings. The molecule has 1 fully saturated rings. The average Bonchev–Trinajstić information content (AvgIpc) is 2.36. The molecule has 0 aromatic carbocycles. The maximum Gasteiger partial charge on any atom is 0.0158 e. The number of fused-ring (bicyclic) bond motifs is 2. The van der Waals surface area contributed by atoms with E-state index in [9.17, 15) is 0 Å². The van der Waals surface area contributed by atoms with E-state index >= 15 is 0 Å². The van der Waals surface area contributed by atoms with Crippen molar-refractivity contribution in [1.29, 1.82) is 0 Å². The molecule has 0 saturated heterocycles. The largest absolute Gasteiger partial charge is 0.0950 e. The molecule has 1 heteroatoms. The van der Waals surface area contributed by atoms with Gasteiger partial charge < -0.3 is 0 Å². The lowest BCUT2D eigenvalue weighted by Gasteiger charge is -2.11. The monoisotopic (exact) mass is 196 g/mol. The summed E-state index contributed by atoms with van der Waals surface area (Å²) in [6.45, 7) is 7.99. The van der Waals surface area contributed by atoms with E-state index < -0.39 is 0 Å². The summed E-state index contributed by atoms with van der Waals surface area (Å²) in [5.74, 6) is 1.16. The van der Waals surface area contributed by atoms with Gasteiger partial charge in [-0.1, -0.05) is 35.2 Å². The van der Waals surface area contributed by atoms with Crippen LogP contribution in [0.25, 0.3) is 0 Å². The van der Waals surface area contributed by atoms with Crippen LogP contribution in [0.5, 0.6) is 0 Å². The van der Waals surface area contributed by atoms with Crippen molar-refractivity contribution in [3.63, 3.8) is 0 Å². The van der Waals surface area contributed by atoms with Crippen molar-refractivity contribution >= 4 is 15.9 Å². The molecule has 0 amide bonds. The van der Waals surface area contributed by atoms with E-state index in [0.717, 1.165) is 0 Å². The lowest BCUT2D eigenvalue weighted by atomic mass is 9.98. The second-order valence-corrected chi connectivity index (χ2v) is 3.91. The third-order valence-corrected chi connectivity index (χ3v) is 3.28. The molecule has 0 heterocycles. The SMILES string of the molecule is C=C1C(=C)[C@@H]2C=C(Br)[C@H]1C2. The molecule has 0 aliphatic heterocycles. The Morgan fingerprint density at radius 1 is 1.40 bits per heavy atom. The molecule has 2 atom stereocenters. The van der Waals surface area contributed by atoms with Crippen LogP contribution in [-0.2, 0) is 0 Å². The summed E-state index contributed by atoms with van der Waals surface area (Å²) in [6, 6.07) is 0. The number of halogens is 1. The van der Waals surface area contributed by atoms with E-state index in [4.69, 9.17) is 0 Å². The third kappa shape index (κ3) is 0.615. The van der Waals surface area contributed by atoms with Crippen molar-refractivity contribution in [1.82, 2.24) is 0 Å². The summed E-state index contributed by atoms with van der Waals surface area (Å²) in [7, 11) is 0. The van der Waals surface area contributed by atoms with Gasteiger partial charge in [0.25, 0.3) is 0 Å². The van der Waals surface area contributed by atoms with Gasteiger partial charge in [0.15, 0.2) is 0 Å². The van der Waals surface area contributed by atoms with Crippen LogP contribution in [0, 0.1) is 11.8 Å². The zero-order valence-electron chi connectivity index (χ0n) is 5.73. The highest BCUT2D eigenvalue weighted by molar-refractivity contribution is 9.11. The van der Waals surface area contributed by atoms with Crippen LogP contribution in [0.2, 0.25) is 0 Å². The van der Waals surface area contributed by atoms with Crippen LogP contribution in [0.3, 0.4) is 0 Å². The predicted octanol–water partition coefficient (Wildman–Crippen LogP) is 3.03. The Balaban J connectivity index is 2.47. The first kappa shape index (κ1) is 6.41. The standard InChI is InChI=1S/C9H9Br/c1-5-6(2)8-3-7(5)4-9(8)10/h4,7-8H,1-3H2/t7-,8-/m0/s1. The van der Waals surface area contributed by atoms with Gasteiger partial charge in [0.1, 0.15) is 0 Å². The van der Waals surface area contributed by atoms with Gasteiger partial charge in [-0.3, -0.25) is 0 Å². The average molecular weight is 197 g/mol. The first-order valence-electron chi connectivity index (χ1n) is 3.45. The van der Waals surface area contributed by atoms with Gasteiger partial charge in [-0.15, -0.1) is 0 Å². The Kier molecular flexibility index (Phi) is 1.19. The van der Waals surface area contributed by atoms with E-state index in [1.54, 1.807) is 0 Å². The van der Waals surface area contributed by atoms with E-state index in [2.05, 4.69) is 35.2 Å². The Morgan fingerprint density at radius 3 is 2.50 bits per heavy atom. The van der Waals surface area contributed by atoms with Crippen molar-refractivity contribution in [3.05, 3.63) is 34.9 Å². The van der Waals surface area contributed by atoms with Crippen molar-refractivity contribution in [2.75, 3.05) is 0 Å². The minimum Gasteiger partial charge on any atom is -0.0950 e. The molecular weight excluding hydrogens is 188 g/mol. The Morgan fingerprint density at radius 2 is 2.10 bits per heavy atom. The van der Waals surface area contributed by atoms with Crippen molar-refractivity contribution in [3.8, 4) is 0 Å². The second-order valence-electron chi connectivity index (χ2n) is 3.00. The van der Waals surface area contributed by atoms with Crippen LogP contribution < -0.4 is 0 Å². The minimum absolute atomic E-state index is 0.567. The first-order chi connectivity index (χ1) is 4.70. The number of allylic oxidation sites excluding steroid dienone is 4. The summed E-state index contributed by atoms with van der Waals surface area (Å²) in [5, 5.41) is 0. The molecule has 0 aromatic heterocycles. The lowest BCUT2D eigenvalue weighted by molar-refractivity contribution is 0.734. The van der Waals surface area contributed by atoms with Crippen molar-refractivity contribution < 1.29 is 0 Å². The molecule has 2 rings (SSSR count). The van der Waals surface area contributed by atoms with E-state index in [-0.39, 0.29) is 0 Å². The van der Waals surface area contributed by atoms with Gasteiger partial charge in [0.05, 0.1) is 0 Å². The Labute approximate surface area is 69.4 Å². The second kappa shape index (κ2) is 1.85. The molecule has 52 valence electrons. The fourth-order valence-electron chi connectivity index (χ4n) is 1.76. The highest BCUT2D eigenvalue weighted by Crippen LogP contribution is 2.51. The highest BCUT2D eigenvalue weighted by Gasteiger charge is 2.37. The van der Waals surface area contributed by atoms with Gasteiger partial charge in [-0.25, -0.2) is 0 Å². The lowest BCUT2D eigenvalue weighted by Crippen LogP contribution is -1.96. The van der Waals surface area contributed by atoms with Crippen LogP contribution >= 0.6 is 15.9 Å². The Hall–Kier alpha value is -0.300. The highest BCUT2D eigenvalue weighted by atomic mass is 79.9. The van der Waals surface area contributed by atoms with E-state index in [1.807, 2.05) is 0 Å². The zero-order chi connectivity index (χ0) is 7.30. The van der Waals surface area contributed by atoms with Gasteiger partial charge in [0, 0.05) is 11.8 Å². The summed E-state index contributed by atoms with van der Waals surface area (Å²) < 4.78 is 1.31. The number of hydrogen-bond donors (Lipinski definition) is 0. The number of rotatable bonds is 0. The molecule has 0 aromatic rings. The van der Waals surface area contributed by atoms with Gasteiger partial charge in [-0.05, 0) is 22.0 Å². The van der Waals surface area contributed by atoms with Crippen molar-refractivity contribution in [2.24, 2.45) is 11.8 Å². The molecule has 0 unspecified atom stereocenters. The molecule has 2 aliphatic carbocycles. The van der Waals surface area contributed by atoms with E-state index in [1.165, 1.54) is 22.0 Å². The summed E-state index contributed by atoms with van der Waals surface area (Å²) in [4.78, 5) is 0. The quantitative estimate of drug-likeness (QED) is 0.559. The van der Waals surface area contributed by atoms with Crippen LogP contribution in [0.4, 0.5) is 0 Å². The smallest absolute Gasteiger partial charge is 0.0158 e. The summed E-state index contributed by atoms with van der Waals surface area (Å²) >= 11 is 3.52. The third-order valence-electron chi connectivity index (χ3n) is 2.46. The fraction of sp³-hybridized carbons (Fsp3) is 0.333. The van der Waals surface area contributed by atoms with Gasteiger partial charge >= 0.3 is 0 Å². The molecule has 0 N–H and O–H groups in total. The number of hydrogen-bond acceptors (Lipinski definition) is 0. The minimum atomic E-state index is 0.567. The molecular formula is C9H9Br. The maximum absolute atomic E-state index is 4.00. The zero-order valence-corrected chi connectivity index (χ0v) is 7.32. The summed E-state index contributed by atoms with van der Waals surface area (Å²) in [6.07, 6.45) is 3.46. The van der Waals surface area contributed by atoms with Gasteiger partial charge in [-0.2, -0.15) is 0 Å². The van der Waals surface area contributed by atoms with Crippen LogP contribution in [-0.4, -0.2) is 0 Å². The van der Waals surface area contributed by atoms with E-state index in [0.29, 0.717) is 11.8 Å². The van der Waals surface area contributed by atoms with Crippen molar-refractivity contribution in [2.45, 2.75) is 6.42 Å². The molecule has 1 saturated carbocycles. The van der Waals surface area contributed by atoms with Gasteiger partial charge in [0.2, 0.25) is 0 Å². The fourth-order valence-corrected chi connectivity index (χ4v) is 2.54. The van der Waals surface area contributed by atoms with Crippen LogP contribution in [0.15, 0.2) is 34.9 Å². The first-order valence-corrected chi connectivity index (χ1v) is 4.24.